The first-order valence-corrected chi connectivity index (χ1v) is 4.66. The van der Waals surface area contributed by atoms with E-state index in [1.54, 1.807) is 0 Å². The molecule has 1 atom stereocenters. The Bertz CT molecular complexity index is 55.4. The number of thioether (sulfide) groups is 1. The highest BCUT2D eigenvalue weighted by Crippen LogP contribution is 2.26. The van der Waals surface area contributed by atoms with E-state index < -0.39 is 0 Å². The Balaban J connectivity index is 2.06. The van der Waals surface area contributed by atoms with Gasteiger partial charge in [-0.25, -0.2) is 0 Å². The molecule has 0 N–H and O–H groups in total. The zero-order chi connectivity index (χ0) is 5.82. The van der Waals surface area contributed by atoms with Crippen LogP contribution in [0.2, 0.25) is 0 Å². The SMILES string of the molecule is CCCC1CCSC1. The fourth-order valence-electron chi connectivity index (χ4n) is 1.22. The Morgan fingerprint density at radius 2 is 2.50 bits per heavy atom. The zero-order valence-electron chi connectivity index (χ0n) is 5.52. The second-order valence-electron chi connectivity index (χ2n) is 2.52. The molecule has 0 aromatic carbocycles. The van der Waals surface area contributed by atoms with Crippen LogP contribution in [-0.2, 0) is 0 Å². The monoisotopic (exact) mass is 130 g/mol. The fourth-order valence-corrected chi connectivity index (χ4v) is 2.55. The Kier molecular flexibility index (Phi) is 2.74. The molecule has 1 heterocycles. The van der Waals surface area contributed by atoms with Crippen molar-refractivity contribution in [1.82, 2.24) is 0 Å². The Labute approximate surface area is 56.0 Å². The molecule has 0 aromatic rings. The van der Waals surface area contributed by atoms with Crippen molar-refractivity contribution >= 4 is 11.8 Å². The molecule has 0 spiro atoms. The smallest absolute Gasteiger partial charge is 0.00388 e. The zero-order valence-corrected chi connectivity index (χ0v) is 6.34. The van der Waals surface area contributed by atoms with Crippen LogP contribution in [0, 0.1) is 5.92 Å². The molecular weight excluding hydrogens is 116 g/mol. The molecular formula is C7H14S. The third-order valence-corrected chi connectivity index (χ3v) is 2.95. The Morgan fingerprint density at radius 3 is 3.00 bits per heavy atom. The van der Waals surface area contributed by atoms with Gasteiger partial charge >= 0.3 is 0 Å². The van der Waals surface area contributed by atoms with Gasteiger partial charge in [-0.1, -0.05) is 13.3 Å². The summed E-state index contributed by atoms with van der Waals surface area (Å²) in [6.45, 7) is 2.28. The lowest BCUT2D eigenvalue weighted by Gasteiger charge is -2.02. The largest absolute Gasteiger partial charge is 0.162 e. The molecule has 1 heteroatoms. The molecule has 8 heavy (non-hydrogen) atoms. The minimum atomic E-state index is 1.07. The summed E-state index contributed by atoms with van der Waals surface area (Å²) < 4.78 is 0. The molecule has 48 valence electrons. The van der Waals surface area contributed by atoms with E-state index in [9.17, 15) is 0 Å². The van der Waals surface area contributed by atoms with Crippen LogP contribution in [0.25, 0.3) is 0 Å². The summed E-state index contributed by atoms with van der Waals surface area (Å²) in [5.41, 5.74) is 0. The average Bonchev–Trinajstić information content (AvgIpc) is 2.19. The first-order valence-electron chi connectivity index (χ1n) is 3.51. The second-order valence-corrected chi connectivity index (χ2v) is 3.67. The van der Waals surface area contributed by atoms with Gasteiger partial charge in [0.25, 0.3) is 0 Å². The van der Waals surface area contributed by atoms with Gasteiger partial charge < -0.3 is 0 Å². The molecule has 0 radical (unpaired) electrons. The first-order chi connectivity index (χ1) is 3.93. The van der Waals surface area contributed by atoms with Gasteiger partial charge in [0.2, 0.25) is 0 Å². The van der Waals surface area contributed by atoms with Crippen LogP contribution in [-0.4, -0.2) is 11.5 Å². The maximum atomic E-state index is 2.28. The fraction of sp³-hybridized carbons (Fsp3) is 1.00. The van der Waals surface area contributed by atoms with E-state index in [-0.39, 0.29) is 0 Å². The van der Waals surface area contributed by atoms with Crippen LogP contribution in [0.5, 0.6) is 0 Å². The highest BCUT2D eigenvalue weighted by Gasteiger charge is 2.13. The molecule has 1 rings (SSSR count). The maximum Gasteiger partial charge on any atom is -0.00388 e. The Hall–Kier alpha value is 0.350. The summed E-state index contributed by atoms with van der Waals surface area (Å²) in [4.78, 5) is 0. The highest BCUT2D eigenvalue weighted by molar-refractivity contribution is 7.99. The number of hydrogen-bond acceptors (Lipinski definition) is 1. The van der Waals surface area contributed by atoms with Gasteiger partial charge in [0.05, 0.1) is 0 Å². The van der Waals surface area contributed by atoms with Gasteiger partial charge in [0.15, 0.2) is 0 Å². The van der Waals surface area contributed by atoms with E-state index in [0.717, 1.165) is 5.92 Å². The standard InChI is InChI=1S/C7H14S/c1-2-3-7-4-5-8-6-7/h7H,2-6H2,1H3. The van der Waals surface area contributed by atoms with Crippen LogP contribution in [0.15, 0.2) is 0 Å². The molecule has 1 saturated heterocycles. The second kappa shape index (κ2) is 3.39. The topological polar surface area (TPSA) is 0 Å². The molecule has 0 bridgehead atoms. The number of hydrogen-bond donors (Lipinski definition) is 0. The van der Waals surface area contributed by atoms with Crippen LogP contribution in [0.1, 0.15) is 26.2 Å². The van der Waals surface area contributed by atoms with Crippen LogP contribution < -0.4 is 0 Å². The van der Waals surface area contributed by atoms with Gasteiger partial charge in [0, 0.05) is 0 Å². The molecule has 1 fully saturated rings. The van der Waals surface area contributed by atoms with Crippen molar-refractivity contribution in [2.75, 3.05) is 11.5 Å². The number of rotatable bonds is 2. The van der Waals surface area contributed by atoms with Crippen molar-refractivity contribution in [2.24, 2.45) is 5.92 Å². The van der Waals surface area contributed by atoms with Gasteiger partial charge in [-0.2, -0.15) is 11.8 Å². The van der Waals surface area contributed by atoms with E-state index in [0.29, 0.717) is 0 Å². The van der Waals surface area contributed by atoms with E-state index in [4.69, 9.17) is 0 Å². The van der Waals surface area contributed by atoms with Crippen molar-refractivity contribution in [3.05, 3.63) is 0 Å². The maximum absolute atomic E-state index is 2.28. The van der Waals surface area contributed by atoms with Crippen molar-refractivity contribution in [1.29, 1.82) is 0 Å². The van der Waals surface area contributed by atoms with E-state index in [1.165, 1.54) is 30.8 Å². The summed E-state index contributed by atoms with van der Waals surface area (Å²) in [6, 6.07) is 0. The minimum absolute atomic E-state index is 1.07. The van der Waals surface area contributed by atoms with Crippen molar-refractivity contribution in [2.45, 2.75) is 26.2 Å². The summed E-state index contributed by atoms with van der Waals surface area (Å²) in [6.07, 6.45) is 4.33. The van der Waals surface area contributed by atoms with Crippen molar-refractivity contribution in [3.63, 3.8) is 0 Å². The lowest BCUT2D eigenvalue weighted by Crippen LogP contribution is -1.94. The predicted molar refractivity (Wildman–Crippen MR) is 40.3 cm³/mol. The molecule has 1 aliphatic rings. The van der Waals surface area contributed by atoms with E-state index >= 15 is 0 Å². The molecule has 0 nitrogen and oxygen atoms in total. The molecule has 0 aromatic heterocycles. The lowest BCUT2D eigenvalue weighted by atomic mass is 10.0. The van der Waals surface area contributed by atoms with Gasteiger partial charge in [0.1, 0.15) is 0 Å². The lowest BCUT2D eigenvalue weighted by molar-refractivity contribution is 0.538. The van der Waals surface area contributed by atoms with E-state index in [2.05, 4.69) is 18.7 Å². The average molecular weight is 130 g/mol. The van der Waals surface area contributed by atoms with Crippen molar-refractivity contribution in [3.8, 4) is 0 Å². The molecule has 1 aliphatic heterocycles. The van der Waals surface area contributed by atoms with Gasteiger partial charge in [-0.15, -0.1) is 0 Å². The van der Waals surface area contributed by atoms with Crippen LogP contribution in [0.4, 0.5) is 0 Å². The normalized spacial score (nSPS) is 28.9. The summed E-state index contributed by atoms with van der Waals surface area (Å²) in [5, 5.41) is 0. The summed E-state index contributed by atoms with van der Waals surface area (Å²) >= 11 is 2.12. The quantitative estimate of drug-likeness (QED) is 0.553. The summed E-state index contributed by atoms with van der Waals surface area (Å²) in [5.74, 6) is 3.93. The van der Waals surface area contributed by atoms with Gasteiger partial charge in [-0.3, -0.25) is 0 Å². The third-order valence-electron chi connectivity index (χ3n) is 1.72. The van der Waals surface area contributed by atoms with Crippen molar-refractivity contribution < 1.29 is 0 Å². The Morgan fingerprint density at radius 1 is 1.62 bits per heavy atom. The highest BCUT2D eigenvalue weighted by atomic mass is 32.2. The molecule has 1 unspecified atom stereocenters. The molecule has 0 aliphatic carbocycles. The van der Waals surface area contributed by atoms with E-state index in [1.807, 2.05) is 0 Å². The molecule has 0 amide bonds. The summed E-state index contributed by atoms with van der Waals surface area (Å²) in [7, 11) is 0. The first kappa shape index (κ1) is 6.47. The van der Waals surface area contributed by atoms with Crippen LogP contribution >= 0.6 is 11.8 Å². The minimum Gasteiger partial charge on any atom is -0.162 e. The van der Waals surface area contributed by atoms with Crippen LogP contribution in [0.3, 0.4) is 0 Å². The molecule has 0 saturated carbocycles. The van der Waals surface area contributed by atoms with Gasteiger partial charge in [-0.05, 0) is 30.3 Å². The third kappa shape index (κ3) is 1.70. The predicted octanol–water partition coefficient (Wildman–Crippen LogP) is 2.54.